The van der Waals surface area contributed by atoms with E-state index in [4.69, 9.17) is 13.8 Å². The molecule has 0 aliphatic rings. The van der Waals surface area contributed by atoms with Crippen LogP contribution in [0.15, 0.2) is 146 Å². The van der Waals surface area contributed by atoms with Gasteiger partial charge < -0.3 is 25.2 Å². The summed E-state index contributed by atoms with van der Waals surface area (Å²) in [5.74, 6) is -2.55. The molecule has 0 bridgehead atoms. The number of rotatable bonds is 40. The molecule has 0 aliphatic heterocycles. The van der Waals surface area contributed by atoms with Crippen molar-refractivity contribution in [3.05, 3.63) is 146 Å². The number of carboxylic acids is 1. The lowest BCUT2D eigenvalue weighted by Crippen LogP contribution is -2.43. The number of phosphoric ester groups is 1. The second kappa shape index (κ2) is 44.9. The monoisotopic (exact) mass is 908 g/mol. The maximum atomic E-state index is 12.3. The number of aliphatic carboxylic acids is 1. The Labute approximate surface area is 384 Å². The second-order valence-electron chi connectivity index (χ2n) is 14.5. The molecular weight excluding hydrogens is 830 g/mol. The van der Waals surface area contributed by atoms with E-state index in [9.17, 15) is 34.1 Å². The van der Waals surface area contributed by atoms with Gasteiger partial charge in [0.05, 0.1) is 13.2 Å². The summed E-state index contributed by atoms with van der Waals surface area (Å²) in [7, 11) is -4.80. The van der Waals surface area contributed by atoms with Gasteiger partial charge in [-0.25, -0.2) is 9.36 Å². The van der Waals surface area contributed by atoms with Crippen LogP contribution in [0, 0.1) is 0 Å². The van der Waals surface area contributed by atoms with Crippen molar-refractivity contribution in [3.63, 3.8) is 0 Å². The van der Waals surface area contributed by atoms with E-state index in [1.807, 2.05) is 24.3 Å². The lowest BCUT2D eigenvalue weighted by molar-refractivity contribution is -0.147. The average Bonchev–Trinajstić information content (AvgIpc) is 3.27. The standard InChI is InChI=1S/C52H78NO10P/c1-3-5-7-9-11-13-15-17-19-21-22-23-24-25-26-28-30-32-34-36-38-40-42-44-51(56)61-45-48(54)46-62-64(59,60)63-47-49(52(57)58)53-50(55)43-41-39-37-35-33-31-29-27-20-18-16-14-12-10-8-6-4-2/h5-8,11-14,17-20,22-23,25-26,29-32,35-38,48-49,54H,3-4,9-10,15-16,21,24,27-28,33-34,39-47H2,1-2H3,(H,53,55)(H,57,58)(H,59,60)/b7-5-,8-6-,13-11-,14-12-,19-17-,20-18-,23-22-,26-25-,31-29-,32-30-,37-35-,38-36-. The Bertz CT molecular complexity index is 1630. The molecule has 12 heteroatoms. The highest BCUT2D eigenvalue weighted by Gasteiger charge is 2.28. The Morgan fingerprint density at radius 1 is 0.500 bits per heavy atom. The van der Waals surface area contributed by atoms with E-state index >= 15 is 0 Å². The number of phosphoric acid groups is 1. The van der Waals surface area contributed by atoms with Crippen molar-refractivity contribution < 1.29 is 47.8 Å². The number of esters is 1. The van der Waals surface area contributed by atoms with E-state index in [1.54, 1.807) is 0 Å². The number of carboxylic acid groups (broad SMARTS) is 1. The van der Waals surface area contributed by atoms with Crippen molar-refractivity contribution in [1.29, 1.82) is 0 Å². The van der Waals surface area contributed by atoms with E-state index in [0.717, 1.165) is 77.0 Å². The molecule has 0 saturated heterocycles. The predicted octanol–water partition coefficient (Wildman–Crippen LogP) is 12.3. The van der Waals surface area contributed by atoms with Crippen LogP contribution in [0.2, 0.25) is 0 Å². The number of aliphatic hydroxyl groups is 1. The molecule has 64 heavy (non-hydrogen) atoms. The minimum absolute atomic E-state index is 0.0536. The zero-order chi connectivity index (χ0) is 47.0. The van der Waals surface area contributed by atoms with Crippen molar-refractivity contribution >= 4 is 25.7 Å². The van der Waals surface area contributed by atoms with E-state index in [1.165, 1.54) is 0 Å². The van der Waals surface area contributed by atoms with Gasteiger partial charge in [-0.15, -0.1) is 0 Å². The van der Waals surface area contributed by atoms with E-state index in [-0.39, 0.29) is 12.8 Å². The third-order valence-electron chi connectivity index (χ3n) is 8.62. The van der Waals surface area contributed by atoms with Crippen LogP contribution in [0.4, 0.5) is 0 Å². The normalized spacial score (nSPS) is 14.9. The van der Waals surface area contributed by atoms with Gasteiger partial charge in [0.25, 0.3) is 0 Å². The van der Waals surface area contributed by atoms with Crippen molar-refractivity contribution in [2.75, 3.05) is 19.8 Å². The SMILES string of the molecule is CC/C=C\C/C=C\C/C=C\C/C=C\C/C=C\C/C=C\C/C=C\CCCC(=O)OCC(O)COP(=O)(O)OCC(NC(=O)CCC/C=C\C/C=C\C/C=C\C/C=C\C/C=C\CC)C(=O)O. The molecule has 0 rings (SSSR count). The molecule has 0 aromatic rings. The molecule has 0 aliphatic carbocycles. The topological polar surface area (TPSA) is 169 Å². The highest BCUT2D eigenvalue weighted by atomic mass is 31.2. The molecule has 0 saturated carbocycles. The highest BCUT2D eigenvalue weighted by molar-refractivity contribution is 7.47. The van der Waals surface area contributed by atoms with Crippen molar-refractivity contribution in [3.8, 4) is 0 Å². The van der Waals surface area contributed by atoms with Gasteiger partial charge in [-0.05, 0) is 103 Å². The molecule has 0 aromatic heterocycles. The zero-order valence-corrected chi connectivity index (χ0v) is 39.4. The van der Waals surface area contributed by atoms with Gasteiger partial charge in [-0.1, -0.05) is 160 Å². The third-order valence-corrected chi connectivity index (χ3v) is 9.57. The van der Waals surface area contributed by atoms with Gasteiger partial charge in [-0.2, -0.15) is 0 Å². The van der Waals surface area contributed by atoms with Crippen LogP contribution in [-0.4, -0.2) is 64.9 Å². The van der Waals surface area contributed by atoms with Crippen LogP contribution in [0.5, 0.6) is 0 Å². The minimum Gasteiger partial charge on any atom is -0.480 e. The van der Waals surface area contributed by atoms with E-state index in [2.05, 4.69) is 141 Å². The van der Waals surface area contributed by atoms with Crippen LogP contribution < -0.4 is 5.32 Å². The number of aliphatic hydroxyl groups excluding tert-OH is 1. The fourth-order valence-corrected chi connectivity index (χ4v) is 5.93. The van der Waals surface area contributed by atoms with Crippen molar-refractivity contribution in [2.24, 2.45) is 0 Å². The maximum absolute atomic E-state index is 12.3. The zero-order valence-electron chi connectivity index (χ0n) is 38.5. The van der Waals surface area contributed by atoms with Crippen LogP contribution in [-0.2, 0) is 32.7 Å². The number of amides is 1. The summed E-state index contributed by atoms with van der Waals surface area (Å²) >= 11 is 0. The summed E-state index contributed by atoms with van der Waals surface area (Å²) < 4.78 is 26.8. The molecular formula is C52H78NO10P. The molecule has 4 N–H and O–H groups in total. The largest absolute Gasteiger partial charge is 0.480 e. The van der Waals surface area contributed by atoms with Crippen LogP contribution in [0.1, 0.15) is 129 Å². The van der Waals surface area contributed by atoms with E-state index < -0.39 is 57.6 Å². The summed E-state index contributed by atoms with van der Waals surface area (Å²) in [4.78, 5) is 45.9. The predicted molar refractivity (Wildman–Crippen MR) is 262 cm³/mol. The Morgan fingerprint density at radius 3 is 1.19 bits per heavy atom. The number of ether oxygens (including phenoxy) is 1. The third kappa shape index (κ3) is 44.0. The van der Waals surface area contributed by atoms with Gasteiger partial charge in [0.2, 0.25) is 5.91 Å². The van der Waals surface area contributed by atoms with Crippen LogP contribution >= 0.6 is 7.82 Å². The Morgan fingerprint density at radius 2 is 0.828 bits per heavy atom. The van der Waals surface area contributed by atoms with Gasteiger partial charge in [0.1, 0.15) is 12.7 Å². The Hall–Kier alpha value is -4.64. The average molecular weight is 908 g/mol. The number of unbranched alkanes of at least 4 members (excludes halogenated alkanes) is 2. The smallest absolute Gasteiger partial charge is 0.472 e. The first-order valence-corrected chi connectivity index (χ1v) is 24.4. The number of allylic oxidation sites excluding steroid dienone is 24. The van der Waals surface area contributed by atoms with Gasteiger partial charge in [0, 0.05) is 12.8 Å². The van der Waals surface area contributed by atoms with Crippen LogP contribution in [0.25, 0.3) is 0 Å². The van der Waals surface area contributed by atoms with Crippen LogP contribution in [0.3, 0.4) is 0 Å². The number of nitrogens with one attached hydrogen (secondary N) is 1. The second-order valence-corrected chi connectivity index (χ2v) is 15.9. The molecule has 11 nitrogen and oxygen atoms in total. The molecule has 3 atom stereocenters. The number of hydrogen-bond acceptors (Lipinski definition) is 8. The van der Waals surface area contributed by atoms with Gasteiger partial charge in [-0.3, -0.25) is 18.6 Å². The quantitative estimate of drug-likeness (QED) is 0.0201. The lowest BCUT2D eigenvalue weighted by Gasteiger charge is -2.18. The fraction of sp³-hybridized carbons (Fsp3) is 0.481. The summed E-state index contributed by atoms with van der Waals surface area (Å²) in [6.07, 6.45) is 63.2. The molecule has 0 heterocycles. The molecule has 0 fully saturated rings. The lowest BCUT2D eigenvalue weighted by atomic mass is 10.2. The number of carbonyl (C=O) groups excluding carboxylic acids is 2. The van der Waals surface area contributed by atoms with E-state index in [0.29, 0.717) is 25.7 Å². The summed E-state index contributed by atoms with van der Waals surface area (Å²) in [5, 5.41) is 21.8. The molecule has 1 amide bonds. The molecule has 0 aromatic carbocycles. The molecule has 0 spiro atoms. The number of hydrogen-bond donors (Lipinski definition) is 4. The summed E-state index contributed by atoms with van der Waals surface area (Å²) in [6.45, 7) is 2.23. The van der Waals surface area contributed by atoms with Gasteiger partial charge >= 0.3 is 19.8 Å². The van der Waals surface area contributed by atoms with Crippen molar-refractivity contribution in [1.82, 2.24) is 5.32 Å². The Balaban J connectivity index is 4.07. The molecule has 3 unspecified atom stereocenters. The summed E-state index contributed by atoms with van der Waals surface area (Å²) in [6, 6.07) is -1.59. The fourth-order valence-electron chi connectivity index (χ4n) is 5.16. The molecule has 356 valence electrons. The highest BCUT2D eigenvalue weighted by Crippen LogP contribution is 2.43. The minimum atomic E-state index is -4.80. The first-order chi connectivity index (χ1) is 31.1. The van der Waals surface area contributed by atoms with Gasteiger partial charge in [0.15, 0.2) is 6.04 Å². The first kappa shape index (κ1) is 59.4. The maximum Gasteiger partial charge on any atom is 0.472 e. The molecule has 0 radical (unpaired) electrons. The number of carbonyl (C=O) groups is 3. The summed E-state index contributed by atoms with van der Waals surface area (Å²) in [5.41, 5.74) is 0. The van der Waals surface area contributed by atoms with Crippen molar-refractivity contribution in [2.45, 2.75) is 142 Å². The first-order valence-electron chi connectivity index (χ1n) is 22.9. The Kier molecular flexibility index (Phi) is 41.7.